The molecule has 2 amide bonds. The van der Waals surface area contributed by atoms with Crippen molar-refractivity contribution in [1.82, 2.24) is 4.90 Å². The average Bonchev–Trinajstić information content (AvgIpc) is 2.87. The van der Waals surface area contributed by atoms with E-state index in [9.17, 15) is 14.7 Å². The van der Waals surface area contributed by atoms with Gasteiger partial charge in [-0.3, -0.25) is 9.59 Å². The third-order valence-electron chi connectivity index (χ3n) is 3.21. The van der Waals surface area contributed by atoms with Gasteiger partial charge >= 0.3 is 0 Å². The highest BCUT2D eigenvalue weighted by Gasteiger charge is 2.35. The van der Waals surface area contributed by atoms with Crippen LogP contribution < -0.4 is 5.73 Å². The first kappa shape index (κ1) is 12.6. The Morgan fingerprint density at radius 1 is 1.33 bits per heavy atom. The van der Waals surface area contributed by atoms with Gasteiger partial charge in [0.25, 0.3) is 5.91 Å². The molecule has 1 aromatic rings. The highest BCUT2D eigenvalue weighted by Crippen LogP contribution is 2.23. The second kappa shape index (κ2) is 5.18. The maximum atomic E-state index is 12.1. The number of carbonyl (C=O) groups excluding carboxylic acids is 2. The minimum atomic E-state index is -1.23. The number of aliphatic hydroxyl groups is 1. The molecule has 1 aromatic carbocycles. The molecule has 5 heteroatoms. The van der Waals surface area contributed by atoms with Crippen molar-refractivity contribution in [2.75, 3.05) is 6.54 Å². The molecule has 2 rings (SSSR count). The summed E-state index contributed by atoms with van der Waals surface area (Å²) in [4.78, 5) is 24.7. The predicted molar refractivity (Wildman–Crippen MR) is 65.3 cm³/mol. The van der Waals surface area contributed by atoms with E-state index < -0.39 is 24.0 Å². The van der Waals surface area contributed by atoms with Crippen molar-refractivity contribution in [1.29, 1.82) is 0 Å². The number of hydrogen-bond donors (Lipinski definition) is 2. The number of hydrogen-bond acceptors (Lipinski definition) is 3. The molecule has 0 radical (unpaired) electrons. The summed E-state index contributed by atoms with van der Waals surface area (Å²) in [7, 11) is 0. The van der Waals surface area contributed by atoms with Crippen LogP contribution in [-0.4, -0.2) is 34.4 Å². The van der Waals surface area contributed by atoms with Crippen LogP contribution in [0.4, 0.5) is 0 Å². The zero-order chi connectivity index (χ0) is 13.1. The lowest BCUT2D eigenvalue weighted by Crippen LogP contribution is -2.45. The molecule has 0 saturated carbocycles. The number of primary amides is 1. The van der Waals surface area contributed by atoms with Gasteiger partial charge in [-0.15, -0.1) is 0 Å². The number of likely N-dealkylation sites (tertiary alicyclic amines) is 1. The Labute approximate surface area is 105 Å². The molecule has 0 bridgehead atoms. The van der Waals surface area contributed by atoms with Gasteiger partial charge in [0.05, 0.1) is 0 Å². The summed E-state index contributed by atoms with van der Waals surface area (Å²) < 4.78 is 0. The molecule has 3 N–H and O–H groups in total. The highest BCUT2D eigenvalue weighted by molar-refractivity contribution is 5.89. The van der Waals surface area contributed by atoms with Crippen LogP contribution in [0, 0.1) is 0 Å². The number of nitrogens with zero attached hydrogens (tertiary/aromatic N) is 1. The number of nitrogens with two attached hydrogens (primary N) is 1. The smallest absolute Gasteiger partial charge is 0.256 e. The zero-order valence-corrected chi connectivity index (χ0v) is 9.95. The first-order valence-corrected chi connectivity index (χ1v) is 5.94. The molecule has 1 aliphatic rings. The van der Waals surface area contributed by atoms with E-state index in [-0.39, 0.29) is 0 Å². The van der Waals surface area contributed by atoms with Crippen molar-refractivity contribution >= 4 is 11.8 Å². The van der Waals surface area contributed by atoms with Crippen LogP contribution in [0.2, 0.25) is 0 Å². The van der Waals surface area contributed by atoms with Gasteiger partial charge in [0.1, 0.15) is 6.04 Å². The van der Waals surface area contributed by atoms with Crippen LogP contribution in [0.15, 0.2) is 30.3 Å². The van der Waals surface area contributed by atoms with Gasteiger partial charge in [-0.1, -0.05) is 30.3 Å². The Hall–Kier alpha value is -1.88. The van der Waals surface area contributed by atoms with Crippen LogP contribution in [-0.2, 0) is 9.59 Å². The number of aliphatic hydroxyl groups excluding tert-OH is 1. The summed E-state index contributed by atoms with van der Waals surface area (Å²) in [5.41, 5.74) is 5.78. The van der Waals surface area contributed by atoms with Gasteiger partial charge < -0.3 is 15.7 Å². The van der Waals surface area contributed by atoms with Gasteiger partial charge in [0.15, 0.2) is 6.10 Å². The molecular formula is C13H16N2O3. The molecular weight excluding hydrogens is 232 g/mol. The molecule has 0 aromatic heterocycles. The molecule has 1 aliphatic heterocycles. The quantitative estimate of drug-likeness (QED) is 0.801. The SMILES string of the molecule is NC(=O)C1CCCN1C(=O)[C@@H](O)c1ccccc1. The van der Waals surface area contributed by atoms with Gasteiger partial charge in [-0.05, 0) is 18.4 Å². The van der Waals surface area contributed by atoms with Gasteiger partial charge in [0, 0.05) is 6.54 Å². The van der Waals surface area contributed by atoms with E-state index in [1.807, 2.05) is 6.07 Å². The monoisotopic (exact) mass is 248 g/mol. The van der Waals surface area contributed by atoms with E-state index in [0.717, 1.165) is 6.42 Å². The number of benzene rings is 1. The lowest BCUT2D eigenvalue weighted by molar-refractivity contribution is -0.144. The van der Waals surface area contributed by atoms with Crippen LogP contribution in [0.1, 0.15) is 24.5 Å². The van der Waals surface area contributed by atoms with Crippen molar-refractivity contribution in [2.24, 2.45) is 5.73 Å². The van der Waals surface area contributed by atoms with Crippen molar-refractivity contribution in [2.45, 2.75) is 25.0 Å². The number of carbonyl (C=O) groups is 2. The van der Waals surface area contributed by atoms with Crippen molar-refractivity contribution in [3.63, 3.8) is 0 Å². The minimum absolute atomic E-state index is 0.456. The van der Waals surface area contributed by atoms with E-state index in [4.69, 9.17) is 5.73 Å². The van der Waals surface area contributed by atoms with E-state index in [1.54, 1.807) is 24.3 Å². The Morgan fingerprint density at radius 2 is 2.00 bits per heavy atom. The molecule has 5 nitrogen and oxygen atoms in total. The van der Waals surface area contributed by atoms with Gasteiger partial charge in [-0.2, -0.15) is 0 Å². The molecule has 96 valence electrons. The van der Waals surface area contributed by atoms with E-state index >= 15 is 0 Å². The molecule has 2 atom stereocenters. The first-order chi connectivity index (χ1) is 8.61. The Balaban J connectivity index is 2.14. The minimum Gasteiger partial charge on any atom is -0.378 e. The molecule has 1 unspecified atom stereocenters. The van der Waals surface area contributed by atoms with Crippen LogP contribution in [0.5, 0.6) is 0 Å². The lowest BCUT2D eigenvalue weighted by Gasteiger charge is -2.24. The van der Waals surface area contributed by atoms with Crippen molar-refractivity contribution < 1.29 is 14.7 Å². The van der Waals surface area contributed by atoms with Gasteiger partial charge in [0.2, 0.25) is 5.91 Å². The molecule has 0 aliphatic carbocycles. The average molecular weight is 248 g/mol. The van der Waals surface area contributed by atoms with Crippen molar-refractivity contribution in [3.8, 4) is 0 Å². The fourth-order valence-corrected chi connectivity index (χ4v) is 2.26. The fraction of sp³-hybridized carbons (Fsp3) is 0.385. The topological polar surface area (TPSA) is 83.6 Å². The standard InChI is InChI=1S/C13H16N2O3/c14-12(17)10-7-4-8-15(10)13(18)11(16)9-5-2-1-3-6-9/h1-3,5-6,10-11,16H,4,7-8H2,(H2,14,17)/t10?,11-/m0/s1. The zero-order valence-electron chi connectivity index (χ0n) is 9.95. The number of rotatable bonds is 3. The maximum absolute atomic E-state index is 12.1. The van der Waals surface area contributed by atoms with E-state index in [0.29, 0.717) is 18.5 Å². The third kappa shape index (κ3) is 2.36. The molecule has 1 heterocycles. The van der Waals surface area contributed by atoms with E-state index in [1.165, 1.54) is 4.90 Å². The normalized spacial score (nSPS) is 20.7. The Bertz CT molecular complexity index is 447. The lowest BCUT2D eigenvalue weighted by atomic mass is 10.1. The molecule has 1 saturated heterocycles. The second-order valence-electron chi connectivity index (χ2n) is 4.41. The van der Waals surface area contributed by atoms with E-state index in [2.05, 4.69) is 0 Å². The van der Waals surface area contributed by atoms with Crippen LogP contribution in [0.3, 0.4) is 0 Å². The summed E-state index contributed by atoms with van der Waals surface area (Å²) >= 11 is 0. The Kier molecular flexibility index (Phi) is 3.62. The third-order valence-corrected chi connectivity index (χ3v) is 3.21. The summed E-state index contributed by atoms with van der Waals surface area (Å²) in [6.45, 7) is 0.469. The predicted octanol–water partition coefficient (Wildman–Crippen LogP) is 0.196. The summed E-state index contributed by atoms with van der Waals surface area (Å²) in [6.07, 6.45) is 0.0786. The highest BCUT2D eigenvalue weighted by atomic mass is 16.3. The molecule has 18 heavy (non-hydrogen) atoms. The van der Waals surface area contributed by atoms with Gasteiger partial charge in [-0.25, -0.2) is 0 Å². The first-order valence-electron chi connectivity index (χ1n) is 5.94. The summed E-state index contributed by atoms with van der Waals surface area (Å²) in [5.74, 6) is -0.969. The van der Waals surface area contributed by atoms with Crippen LogP contribution >= 0.6 is 0 Å². The largest absolute Gasteiger partial charge is 0.378 e. The van der Waals surface area contributed by atoms with Crippen molar-refractivity contribution in [3.05, 3.63) is 35.9 Å². The maximum Gasteiger partial charge on any atom is 0.256 e. The fourth-order valence-electron chi connectivity index (χ4n) is 2.26. The summed E-state index contributed by atoms with van der Waals surface area (Å²) in [6, 6.07) is 8.08. The Morgan fingerprint density at radius 3 is 2.61 bits per heavy atom. The van der Waals surface area contributed by atoms with Crippen LogP contribution in [0.25, 0.3) is 0 Å². The second-order valence-corrected chi connectivity index (χ2v) is 4.41. The molecule has 0 spiro atoms. The molecule has 1 fully saturated rings. The summed E-state index contributed by atoms with van der Waals surface area (Å²) in [5, 5.41) is 10.0. The number of amides is 2.